The molecule has 2 heterocycles. The van der Waals surface area contributed by atoms with Gasteiger partial charge in [0.05, 0.1) is 0 Å². The Hall–Kier alpha value is -3.18. The van der Waals surface area contributed by atoms with Crippen molar-refractivity contribution in [2.45, 2.75) is 25.2 Å². The van der Waals surface area contributed by atoms with Crippen molar-refractivity contribution in [2.24, 2.45) is 0 Å². The van der Waals surface area contributed by atoms with E-state index in [-0.39, 0.29) is 11.6 Å². The number of nitrogens with zero attached hydrogens (tertiary/aromatic N) is 3. The van der Waals surface area contributed by atoms with Gasteiger partial charge in [-0.2, -0.15) is 5.10 Å². The lowest BCUT2D eigenvalue weighted by molar-refractivity contribution is 0.101. The highest BCUT2D eigenvalue weighted by molar-refractivity contribution is 6.03. The topological polar surface area (TPSA) is 59.3 Å². The second-order valence-corrected chi connectivity index (χ2v) is 6.38. The average molecular weight is 418 g/mol. The van der Waals surface area contributed by atoms with Crippen LogP contribution in [-0.4, -0.2) is 20.5 Å². The number of carbonyl (C=O) groups is 1. The molecule has 1 aliphatic carbocycles. The molecular formula is C17H9F7N4O. The van der Waals surface area contributed by atoms with Crippen LogP contribution in [0.5, 0.6) is 0 Å². The van der Waals surface area contributed by atoms with Crippen LogP contribution in [0.15, 0.2) is 12.1 Å². The molecule has 152 valence electrons. The van der Waals surface area contributed by atoms with Crippen molar-refractivity contribution in [3.63, 3.8) is 0 Å². The SMILES string of the molecule is O=C(Nc1c(F)c(F)c(F)c(F)c1F)c1cc2nc(C3CC3)cc(C(F)F)n2n1. The minimum absolute atomic E-state index is 0.0121. The van der Waals surface area contributed by atoms with Crippen molar-refractivity contribution >= 4 is 17.2 Å². The molecule has 1 N–H and O–H groups in total. The highest BCUT2D eigenvalue weighted by Crippen LogP contribution is 2.40. The van der Waals surface area contributed by atoms with Gasteiger partial charge in [-0.05, 0) is 18.9 Å². The fourth-order valence-electron chi connectivity index (χ4n) is 2.76. The lowest BCUT2D eigenvalue weighted by Gasteiger charge is -2.08. The summed E-state index contributed by atoms with van der Waals surface area (Å²) in [6.45, 7) is 0. The van der Waals surface area contributed by atoms with Gasteiger partial charge < -0.3 is 5.32 Å². The highest BCUT2D eigenvalue weighted by atomic mass is 19.3. The molecular weight excluding hydrogens is 409 g/mol. The third-order valence-electron chi connectivity index (χ3n) is 4.37. The molecule has 2 aromatic heterocycles. The first-order valence-corrected chi connectivity index (χ1v) is 8.20. The van der Waals surface area contributed by atoms with Crippen LogP contribution in [0.4, 0.5) is 36.4 Å². The van der Waals surface area contributed by atoms with Crippen LogP contribution in [0.1, 0.15) is 47.1 Å². The second-order valence-electron chi connectivity index (χ2n) is 6.38. The van der Waals surface area contributed by atoms with Gasteiger partial charge in [-0.3, -0.25) is 4.79 Å². The first-order chi connectivity index (χ1) is 13.7. The molecule has 0 bridgehead atoms. The minimum Gasteiger partial charge on any atom is -0.315 e. The summed E-state index contributed by atoms with van der Waals surface area (Å²) in [6.07, 6.45) is -1.41. The van der Waals surface area contributed by atoms with E-state index in [2.05, 4.69) is 10.1 Å². The number of aromatic nitrogens is 3. The van der Waals surface area contributed by atoms with Crippen molar-refractivity contribution in [1.82, 2.24) is 14.6 Å². The summed E-state index contributed by atoms with van der Waals surface area (Å²) < 4.78 is 94.5. The molecule has 0 saturated heterocycles. The van der Waals surface area contributed by atoms with E-state index in [1.807, 2.05) is 0 Å². The largest absolute Gasteiger partial charge is 0.315 e. The summed E-state index contributed by atoms with van der Waals surface area (Å²) in [6, 6.07) is 2.12. The Balaban J connectivity index is 1.74. The third-order valence-corrected chi connectivity index (χ3v) is 4.37. The van der Waals surface area contributed by atoms with Crippen LogP contribution in [-0.2, 0) is 0 Å². The fourth-order valence-corrected chi connectivity index (χ4v) is 2.76. The molecule has 0 aliphatic heterocycles. The smallest absolute Gasteiger partial charge is 0.280 e. The zero-order chi connectivity index (χ0) is 21.0. The molecule has 0 radical (unpaired) electrons. The number of rotatable bonds is 4. The zero-order valence-electron chi connectivity index (χ0n) is 14.1. The molecule has 0 unspecified atom stereocenters. The van der Waals surface area contributed by atoms with Crippen LogP contribution < -0.4 is 5.32 Å². The normalized spacial score (nSPS) is 14.1. The monoisotopic (exact) mass is 418 g/mol. The molecule has 0 atom stereocenters. The van der Waals surface area contributed by atoms with Crippen molar-refractivity contribution in [3.05, 3.63) is 58.3 Å². The van der Waals surface area contributed by atoms with Crippen molar-refractivity contribution < 1.29 is 35.5 Å². The average Bonchev–Trinajstić information content (AvgIpc) is 3.45. The van der Waals surface area contributed by atoms with Gasteiger partial charge in [0, 0.05) is 17.7 Å². The summed E-state index contributed by atoms with van der Waals surface area (Å²) in [7, 11) is 0. The Labute approximate surface area is 157 Å². The maximum absolute atomic E-state index is 13.7. The molecule has 0 spiro atoms. The van der Waals surface area contributed by atoms with Gasteiger partial charge in [0.1, 0.15) is 11.4 Å². The number of carbonyl (C=O) groups excluding carboxylic acids is 1. The lowest BCUT2D eigenvalue weighted by atomic mass is 10.2. The van der Waals surface area contributed by atoms with Gasteiger partial charge >= 0.3 is 0 Å². The summed E-state index contributed by atoms with van der Waals surface area (Å²) in [5, 5.41) is 5.16. The first-order valence-electron chi connectivity index (χ1n) is 8.20. The third kappa shape index (κ3) is 3.17. The highest BCUT2D eigenvalue weighted by Gasteiger charge is 2.30. The molecule has 1 aliphatic rings. The number of benzene rings is 1. The number of nitrogens with one attached hydrogen (secondary N) is 1. The summed E-state index contributed by atoms with van der Waals surface area (Å²) >= 11 is 0. The zero-order valence-corrected chi connectivity index (χ0v) is 14.1. The minimum atomic E-state index is -2.95. The molecule has 1 amide bonds. The van der Waals surface area contributed by atoms with Gasteiger partial charge in [0.25, 0.3) is 12.3 Å². The maximum atomic E-state index is 13.7. The molecule has 1 aromatic carbocycles. The molecule has 3 aromatic rings. The van der Waals surface area contributed by atoms with E-state index in [0.29, 0.717) is 10.2 Å². The van der Waals surface area contributed by atoms with E-state index in [1.165, 1.54) is 5.32 Å². The van der Waals surface area contributed by atoms with Crippen LogP contribution in [0.3, 0.4) is 0 Å². The summed E-state index contributed by atoms with van der Waals surface area (Å²) in [4.78, 5) is 16.4. The van der Waals surface area contributed by atoms with Crippen LogP contribution in [0.2, 0.25) is 0 Å². The van der Waals surface area contributed by atoms with E-state index >= 15 is 0 Å². The van der Waals surface area contributed by atoms with Gasteiger partial charge in [-0.1, -0.05) is 0 Å². The van der Waals surface area contributed by atoms with Gasteiger partial charge in [0.2, 0.25) is 5.82 Å². The van der Waals surface area contributed by atoms with E-state index in [4.69, 9.17) is 0 Å². The Kier molecular flexibility index (Phi) is 4.43. The molecule has 1 fully saturated rings. The predicted octanol–water partition coefficient (Wildman–Crippen LogP) is 4.49. The molecule has 4 rings (SSSR count). The predicted molar refractivity (Wildman–Crippen MR) is 84.1 cm³/mol. The van der Waals surface area contributed by atoms with E-state index in [0.717, 1.165) is 25.0 Å². The van der Waals surface area contributed by atoms with Gasteiger partial charge in [0.15, 0.2) is 34.6 Å². The van der Waals surface area contributed by atoms with Crippen LogP contribution >= 0.6 is 0 Å². The number of hydrogen-bond acceptors (Lipinski definition) is 3. The summed E-state index contributed by atoms with van der Waals surface area (Å²) in [5.74, 6) is -12.7. The van der Waals surface area contributed by atoms with Gasteiger partial charge in [-0.15, -0.1) is 0 Å². The Morgan fingerprint density at radius 3 is 2.14 bits per heavy atom. The molecule has 1 saturated carbocycles. The summed E-state index contributed by atoms with van der Waals surface area (Å²) in [5.41, 5.74) is -2.46. The number of alkyl halides is 2. The van der Waals surface area contributed by atoms with E-state index in [1.54, 1.807) is 0 Å². The fraction of sp³-hybridized carbons (Fsp3) is 0.235. The van der Waals surface area contributed by atoms with E-state index < -0.39 is 58.5 Å². The Morgan fingerprint density at radius 1 is 1.00 bits per heavy atom. The second kappa shape index (κ2) is 6.71. The molecule has 12 heteroatoms. The number of hydrogen-bond donors (Lipinski definition) is 1. The number of halogens is 7. The Bertz CT molecular complexity index is 1130. The standard InChI is InChI=1S/C17H9F7N4O/c18-10-11(19)13(21)15(14(22)12(10)20)26-17(29)7-4-9-25-6(5-1-2-5)3-8(16(23)24)28(9)27-7/h3-5,16H,1-2H2,(H,26,29). The van der Waals surface area contributed by atoms with E-state index in [9.17, 15) is 35.5 Å². The van der Waals surface area contributed by atoms with Crippen LogP contribution in [0.25, 0.3) is 5.65 Å². The maximum Gasteiger partial charge on any atom is 0.280 e. The first kappa shape index (κ1) is 19.2. The van der Waals surface area contributed by atoms with Crippen LogP contribution in [0, 0.1) is 29.1 Å². The number of amides is 1. The van der Waals surface area contributed by atoms with Gasteiger partial charge in [-0.25, -0.2) is 40.2 Å². The number of anilines is 1. The van der Waals surface area contributed by atoms with Crippen molar-refractivity contribution in [3.8, 4) is 0 Å². The van der Waals surface area contributed by atoms with Crippen molar-refractivity contribution in [2.75, 3.05) is 5.32 Å². The quantitative estimate of drug-likeness (QED) is 0.386. The lowest BCUT2D eigenvalue weighted by Crippen LogP contribution is -2.17. The Morgan fingerprint density at radius 2 is 1.59 bits per heavy atom. The number of fused-ring (bicyclic) bond motifs is 1. The van der Waals surface area contributed by atoms with Crippen molar-refractivity contribution in [1.29, 1.82) is 0 Å². The molecule has 5 nitrogen and oxygen atoms in total. The molecule has 29 heavy (non-hydrogen) atoms.